The standard InChI is InChI=1S/C21H18FN3O2/c1-26-20-10-16-17(15-7-5-9-23-21(15)27-2)13-25(19(16)11-24-20)12-14-6-3-4-8-18(14)22/h3-11,13H,12H2,1-2H3. The Kier molecular flexibility index (Phi) is 4.46. The number of aromatic nitrogens is 3. The molecule has 5 nitrogen and oxygen atoms in total. The predicted octanol–water partition coefficient (Wildman–Crippen LogP) is 4.30. The van der Waals surface area contributed by atoms with E-state index in [4.69, 9.17) is 9.47 Å². The van der Waals surface area contributed by atoms with E-state index in [1.54, 1.807) is 38.7 Å². The topological polar surface area (TPSA) is 49.2 Å². The molecule has 6 heteroatoms. The minimum Gasteiger partial charge on any atom is -0.481 e. The summed E-state index contributed by atoms with van der Waals surface area (Å²) in [5, 5.41) is 0.935. The lowest BCUT2D eigenvalue weighted by atomic mass is 10.1. The first-order valence-corrected chi connectivity index (χ1v) is 8.47. The zero-order valence-electron chi connectivity index (χ0n) is 15.0. The van der Waals surface area contributed by atoms with E-state index in [1.165, 1.54) is 6.07 Å². The van der Waals surface area contributed by atoms with Gasteiger partial charge in [-0.3, -0.25) is 0 Å². The third kappa shape index (κ3) is 3.10. The van der Waals surface area contributed by atoms with Gasteiger partial charge in [-0.1, -0.05) is 18.2 Å². The summed E-state index contributed by atoms with van der Waals surface area (Å²) in [6.45, 7) is 0.389. The van der Waals surface area contributed by atoms with Crippen molar-refractivity contribution in [2.45, 2.75) is 6.54 Å². The lowest BCUT2D eigenvalue weighted by molar-refractivity contribution is 0.398. The van der Waals surface area contributed by atoms with Crippen LogP contribution in [0.5, 0.6) is 11.8 Å². The van der Waals surface area contributed by atoms with Gasteiger partial charge >= 0.3 is 0 Å². The maximum absolute atomic E-state index is 14.2. The summed E-state index contributed by atoms with van der Waals surface area (Å²) in [6.07, 6.45) is 5.39. The van der Waals surface area contributed by atoms with Crippen LogP contribution in [0.2, 0.25) is 0 Å². The fraction of sp³-hybridized carbons (Fsp3) is 0.143. The number of rotatable bonds is 5. The van der Waals surface area contributed by atoms with Gasteiger partial charge in [-0.15, -0.1) is 0 Å². The molecule has 0 spiro atoms. The van der Waals surface area contributed by atoms with Crippen LogP contribution in [0.1, 0.15) is 5.56 Å². The number of methoxy groups -OCH3 is 2. The Labute approximate surface area is 156 Å². The molecule has 3 heterocycles. The van der Waals surface area contributed by atoms with E-state index in [-0.39, 0.29) is 5.82 Å². The van der Waals surface area contributed by atoms with Crippen LogP contribution in [0.3, 0.4) is 0 Å². The molecule has 0 atom stereocenters. The molecule has 1 aromatic carbocycles. The Hall–Kier alpha value is -3.41. The third-order valence-electron chi connectivity index (χ3n) is 4.50. The molecule has 136 valence electrons. The average Bonchev–Trinajstić information content (AvgIpc) is 3.07. The van der Waals surface area contributed by atoms with E-state index in [9.17, 15) is 4.39 Å². The normalized spacial score (nSPS) is 10.9. The van der Waals surface area contributed by atoms with Gasteiger partial charge in [0.15, 0.2) is 0 Å². The molecule has 4 rings (SSSR count). The van der Waals surface area contributed by atoms with Gasteiger partial charge in [-0.2, -0.15) is 0 Å². The molecule has 0 fully saturated rings. The number of hydrogen-bond donors (Lipinski definition) is 0. The van der Waals surface area contributed by atoms with Crippen molar-refractivity contribution in [3.8, 4) is 22.9 Å². The first kappa shape index (κ1) is 17.0. The van der Waals surface area contributed by atoms with Crippen LogP contribution in [-0.4, -0.2) is 28.8 Å². The Morgan fingerprint density at radius 2 is 1.85 bits per heavy atom. The van der Waals surface area contributed by atoms with Gasteiger partial charge in [0.2, 0.25) is 11.8 Å². The van der Waals surface area contributed by atoms with E-state index < -0.39 is 0 Å². The maximum Gasteiger partial charge on any atom is 0.221 e. The van der Waals surface area contributed by atoms with Crippen molar-refractivity contribution in [3.05, 3.63) is 72.4 Å². The summed E-state index contributed by atoms with van der Waals surface area (Å²) in [5.41, 5.74) is 3.26. The van der Waals surface area contributed by atoms with Gasteiger partial charge < -0.3 is 14.0 Å². The van der Waals surface area contributed by atoms with E-state index >= 15 is 0 Å². The lowest BCUT2D eigenvalue weighted by Crippen LogP contribution is -2.00. The van der Waals surface area contributed by atoms with Crippen molar-refractivity contribution in [1.82, 2.24) is 14.5 Å². The van der Waals surface area contributed by atoms with Gasteiger partial charge in [0, 0.05) is 40.5 Å². The highest BCUT2D eigenvalue weighted by Gasteiger charge is 2.16. The lowest BCUT2D eigenvalue weighted by Gasteiger charge is -2.06. The summed E-state index contributed by atoms with van der Waals surface area (Å²) in [7, 11) is 3.17. The highest BCUT2D eigenvalue weighted by Crippen LogP contribution is 2.36. The highest BCUT2D eigenvalue weighted by molar-refractivity contribution is 5.97. The fourth-order valence-electron chi connectivity index (χ4n) is 3.19. The minimum absolute atomic E-state index is 0.235. The first-order chi connectivity index (χ1) is 13.2. The molecular formula is C21H18FN3O2. The van der Waals surface area contributed by atoms with E-state index in [0.29, 0.717) is 23.9 Å². The molecule has 0 saturated carbocycles. The Balaban J connectivity index is 1.92. The zero-order chi connectivity index (χ0) is 18.8. The number of benzene rings is 1. The molecule has 0 aliphatic heterocycles. The molecule has 0 saturated heterocycles. The Morgan fingerprint density at radius 3 is 2.63 bits per heavy atom. The molecule has 0 aliphatic carbocycles. The summed E-state index contributed by atoms with van der Waals surface area (Å²) in [5.74, 6) is 0.801. The smallest absolute Gasteiger partial charge is 0.221 e. The molecule has 0 unspecified atom stereocenters. The largest absolute Gasteiger partial charge is 0.481 e. The van der Waals surface area contributed by atoms with Gasteiger partial charge in [-0.25, -0.2) is 14.4 Å². The number of halogens is 1. The Morgan fingerprint density at radius 1 is 1.00 bits per heavy atom. The van der Waals surface area contributed by atoms with E-state index in [1.807, 2.05) is 35.0 Å². The van der Waals surface area contributed by atoms with Crippen LogP contribution in [0.4, 0.5) is 4.39 Å². The predicted molar refractivity (Wildman–Crippen MR) is 102 cm³/mol. The second kappa shape index (κ2) is 7.07. The highest BCUT2D eigenvalue weighted by atomic mass is 19.1. The van der Waals surface area contributed by atoms with Crippen LogP contribution >= 0.6 is 0 Å². The monoisotopic (exact) mass is 363 g/mol. The van der Waals surface area contributed by atoms with Crippen LogP contribution < -0.4 is 9.47 Å². The molecular weight excluding hydrogens is 345 g/mol. The average molecular weight is 363 g/mol. The molecule has 0 radical (unpaired) electrons. The van der Waals surface area contributed by atoms with Crippen molar-refractivity contribution >= 4 is 10.9 Å². The molecule has 0 aliphatic rings. The molecule has 0 bridgehead atoms. The van der Waals surface area contributed by atoms with Crippen molar-refractivity contribution in [3.63, 3.8) is 0 Å². The van der Waals surface area contributed by atoms with E-state index in [2.05, 4.69) is 9.97 Å². The van der Waals surface area contributed by atoms with Crippen molar-refractivity contribution < 1.29 is 13.9 Å². The van der Waals surface area contributed by atoms with Crippen LogP contribution in [0.15, 0.2) is 61.1 Å². The van der Waals surface area contributed by atoms with Gasteiger partial charge in [0.25, 0.3) is 0 Å². The number of ether oxygens (including phenoxy) is 2. The quantitative estimate of drug-likeness (QED) is 0.530. The zero-order valence-corrected chi connectivity index (χ0v) is 15.0. The molecule has 4 aromatic rings. The summed E-state index contributed by atoms with van der Waals surface area (Å²) in [6, 6.07) is 12.4. The molecule has 3 aromatic heterocycles. The summed E-state index contributed by atoms with van der Waals surface area (Å²) in [4.78, 5) is 8.61. The van der Waals surface area contributed by atoms with Crippen LogP contribution in [0, 0.1) is 5.82 Å². The Bertz CT molecular complexity index is 1110. The van der Waals surface area contributed by atoms with E-state index in [0.717, 1.165) is 22.0 Å². The van der Waals surface area contributed by atoms with Crippen molar-refractivity contribution in [2.75, 3.05) is 14.2 Å². The van der Waals surface area contributed by atoms with Crippen LogP contribution in [-0.2, 0) is 6.54 Å². The summed E-state index contributed by atoms with van der Waals surface area (Å²) >= 11 is 0. The maximum atomic E-state index is 14.2. The number of hydrogen-bond acceptors (Lipinski definition) is 4. The van der Waals surface area contributed by atoms with Gasteiger partial charge in [0.1, 0.15) is 5.82 Å². The number of nitrogens with zero attached hydrogens (tertiary/aromatic N) is 3. The molecule has 27 heavy (non-hydrogen) atoms. The summed E-state index contributed by atoms with van der Waals surface area (Å²) < 4.78 is 26.9. The van der Waals surface area contributed by atoms with Gasteiger partial charge in [0.05, 0.1) is 32.5 Å². The minimum atomic E-state index is -0.235. The van der Waals surface area contributed by atoms with Crippen LogP contribution in [0.25, 0.3) is 22.0 Å². The fourth-order valence-corrected chi connectivity index (χ4v) is 3.19. The second-order valence-corrected chi connectivity index (χ2v) is 6.07. The second-order valence-electron chi connectivity index (χ2n) is 6.07. The third-order valence-corrected chi connectivity index (χ3v) is 4.50. The number of fused-ring (bicyclic) bond motifs is 1. The number of pyridine rings is 2. The van der Waals surface area contributed by atoms with Gasteiger partial charge in [-0.05, 0) is 18.2 Å². The molecule has 0 amide bonds. The van der Waals surface area contributed by atoms with Crippen molar-refractivity contribution in [2.24, 2.45) is 0 Å². The SMILES string of the molecule is COc1cc2c(-c3cccnc3OC)cn(Cc3ccccc3F)c2cn1. The van der Waals surface area contributed by atoms with Crippen molar-refractivity contribution in [1.29, 1.82) is 0 Å². The first-order valence-electron chi connectivity index (χ1n) is 8.47. The molecule has 0 N–H and O–H groups in total.